The first-order valence-corrected chi connectivity index (χ1v) is 5.92. The van der Waals surface area contributed by atoms with E-state index >= 15 is 0 Å². The molecule has 1 aliphatic heterocycles. The van der Waals surface area contributed by atoms with Crippen LogP contribution in [0.25, 0.3) is 0 Å². The maximum atomic E-state index is 4.34. The van der Waals surface area contributed by atoms with Crippen LogP contribution < -0.4 is 10.6 Å². The predicted molar refractivity (Wildman–Crippen MR) is 58.7 cm³/mol. The van der Waals surface area contributed by atoms with Gasteiger partial charge in [0.1, 0.15) is 5.03 Å². The van der Waals surface area contributed by atoms with Gasteiger partial charge in [-0.25, -0.2) is 9.97 Å². The van der Waals surface area contributed by atoms with E-state index in [2.05, 4.69) is 20.6 Å². The number of nitrogens with one attached hydrogen (secondary N) is 2. The minimum Gasteiger partial charge on any atom is -0.354 e. The van der Waals surface area contributed by atoms with Crippen molar-refractivity contribution in [2.24, 2.45) is 5.92 Å². The van der Waals surface area contributed by atoms with Crippen LogP contribution in [-0.2, 0) is 0 Å². The molecule has 1 aliphatic rings. The van der Waals surface area contributed by atoms with Gasteiger partial charge in [0.15, 0.2) is 0 Å². The molecule has 0 radical (unpaired) electrons. The van der Waals surface area contributed by atoms with Gasteiger partial charge in [-0.1, -0.05) is 0 Å². The first kappa shape index (κ1) is 9.73. The fraction of sp³-hybridized carbons (Fsp3) is 0.556. The van der Waals surface area contributed by atoms with Crippen LogP contribution in [0.4, 0.5) is 5.95 Å². The second-order valence-electron chi connectivity index (χ2n) is 3.33. The van der Waals surface area contributed by atoms with Crippen LogP contribution in [0.15, 0.2) is 17.3 Å². The molecule has 0 unspecified atom stereocenters. The molecule has 0 bridgehead atoms. The molecule has 2 heterocycles. The lowest BCUT2D eigenvalue weighted by molar-refractivity contribution is 0.365. The number of aromatic nitrogens is 2. The molecule has 1 aromatic heterocycles. The summed E-state index contributed by atoms with van der Waals surface area (Å²) in [6.45, 7) is 3.18. The molecule has 0 amide bonds. The normalized spacial score (nSPS) is 16.4. The van der Waals surface area contributed by atoms with Crippen molar-refractivity contribution in [3.8, 4) is 0 Å². The van der Waals surface area contributed by atoms with E-state index in [9.17, 15) is 0 Å². The highest BCUT2D eigenvalue weighted by Crippen LogP contribution is 2.12. The summed E-state index contributed by atoms with van der Waals surface area (Å²) < 4.78 is 0. The Hall–Kier alpha value is -0.810. The van der Waals surface area contributed by atoms with Crippen LogP contribution >= 0.6 is 11.8 Å². The number of hydrogen-bond acceptors (Lipinski definition) is 5. The van der Waals surface area contributed by atoms with Gasteiger partial charge >= 0.3 is 0 Å². The highest BCUT2D eigenvalue weighted by molar-refractivity contribution is 7.98. The van der Waals surface area contributed by atoms with Crippen molar-refractivity contribution >= 4 is 17.7 Å². The Morgan fingerprint density at radius 3 is 3.14 bits per heavy atom. The van der Waals surface area contributed by atoms with Gasteiger partial charge in [0.05, 0.1) is 0 Å². The molecule has 0 atom stereocenters. The third-order valence-corrected chi connectivity index (χ3v) is 2.90. The molecule has 1 aromatic rings. The van der Waals surface area contributed by atoms with E-state index in [1.54, 1.807) is 18.0 Å². The zero-order valence-corrected chi connectivity index (χ0v) is 8.97. The van der Waals surface area contributed by atoms with Crippen molar-refractivity contribution in [2.75, 3.05) is 31.2 Å². The lowest BCUT2D eigenvalue weighted by atomic mass is 10.0. The number of hydrogen-bond donors (Lipinski definition) is 2. The predicted octanol–water partition coefficient (Wildman–Crippen LogP) is 0.830. The largest absolute Gasteiger partial charge is 0.354 e. The zero-order valence-electron chi connectivity index (χ0n) is 8.16. The van der Waals surface area contributed by atoms with Gasteiger partial charge < -0.3 is 10.6 Å². The second kappa shape index (κ2) is 4.61. The average Bonchev–Trinajstić information content (AvgIpc) is 2.16. The maximum absolute atomic E-state index is 4.34. The molecule has 2 rings (SSSR count). The molecule has 1 saturated heterocycles. The van der Waals surface area contributed by atoms with Crippen LogP contribution in [0.2, 0.25) is 0 Å². The Bertz CT molecular complexity index is 301. The molecule has 0 saturated carbocycles. The molecule has 4 nitrogen and oxygen atoms in total. The third-order valence-electron chi connectivity index (χ3n) is 2.25. The summed E-state index contributed by atoms with van der Waals surface area (Å²) in [5, 5.41) is 7.49. The zero-order chi connectivity index (χ0) is 9.80. The van der Waals surface area contributed by atoms with Crippen LogP contribution in [-0.4, -0.2) is 35.9 Å². The monoisotopic (exact) mass is 210 g/mol. The summed E-state index contributed by atoms with van der Waals surface area (Å²) in [5.74, 6) is 1.47. The summed E-state index contributed by atoms with van der Waals surface area (Å²) in [4.78, 5) is 8.50. The molecule has 2 N–H and O–H groups in total. The Morgan fingerprint density at radius 1 is 1.64 bits per heavy atom. The lowest BCUT2D eigenvalue weighted by Gasteiger charge is -2.27. The van der Waals surface area contributed by atoms with Crippen molar-refractivity contribution < 1.29 is 0 Å². The van der Waals surface area contributed by atoms with E-state index in [0.29, 0.717) is 0 Å². The average molecular weight is 210 g/mol. The van der Waals surface area contributed by atoms with Crippen LogP contribution in [0, 0.1) is 5.92 Å². The molecule has 76 valence electrons. The first-order valence-electron chi connectivity index (χ1n) is 4.70. The van der Waals surface area contributed by atoms with Gasteiger partial charge in [0.2, 0.25) is 5.95 Å². The second-order valence-corrected chi connectivity index (χ2v) is 4.15. The van der Waals surface area contributed by atoms with Gasteiger partial charge in [-0.3, -0.25) is 0 Å². The third kappa shape index (κ3) is 2.36. The summed E-state index contributed by atoms with van der Waals surface area (Å²) in [6.07, 6.45) is 3.81. The Balaban J connectivity index is 1.87. The highest BCUT2D eigenvalue weighted by Gasteiger charge is 2.16. The van der Waals surface area contributed by atoms with E-state index in [-0.39, 0.29) is 0 Å². The van der Waals surface area contributed by atoms with Gasteiger partial charge in [0.25, 0.3) is 0 Å². The van der Waals surface area contributed by atoms with Crippen molar-refractivity contribution in [3.63, 3.8) is 0 Å². The minimum absolute atomic E-state index is 0.733. The van der Waals surface area contributed by atoms with Crippen molar-refractivity contribution in [3.05, 3.63) is 12.3 Å². The smallest absolute Gasteiger partial charge is 0.223 e. The number of nitrogens with zero attached hydrogens (tertiary/aromatic N) is 2. The van der Waals surface area contributed by atoms with Crippen LogP contribution in [0.3, 0.4) is 0 Å². The first-order chi connectivity index (χ1) is 6.88. The van der Waals surface area contributed by atoms with Gasteiger partial charge in [-0.15, -0.1) is 11.8 Å². The molecule has 14 heavy (non-hydrogen) atoms. The van der Waals surface area contributed by atoms with E-state index in [1.165, 1.54) is 0 Å². The standard InChI is InChI=1S/C9H14N4S/c1-14-8-2-3-11-9(13-8)12-6-7-4-10-5-7/h2-3,7,10H,4-6H2,1H3,(H,11,12,13). The molecule has 5 heteroatoms. The number of thioether (sulfide) groups is 1. The van der Waals surface area contributed by atoms with E-state index in [4.69, 9.17) is 0 Å². The highest BCUT2D eigenvalue weighted by atomic mass is 32.2. The fourth-order valence-electron chi connectivity index (χ4n) is 1.27. The number of anilines is 1. The topological polar surface area (TPSA) is 49.8 Å². The Kier molecular flexibility index (Phi) is 3.21. The Labute approximate surface area is 87.9 Å². The van der Waals surface area contributed by atoms with Gasteiger partial charge in [-0.05, 0) is 12.3 Å². The van der Waals surface area contributed by atoms with Gasteiger partial charge in [-0.2, -0.15) is 0 Å². The van der Waals surface area contributed by atoms with E-state index < -0.39 is 0 Å². The maximum Gasteiger partial charge on any atom is 0.223 e. The molecule has 0 aromatic carbocycles. The van der Waals surface area contributed by atoms with Crippen LogP contribution in [0.5, 0.6) is 0 Å². The fourth-order valence-corrected chi connectivity index (χ4v) is 1.64. The molecule has 0 spiro atoms. The number of rotatable bonds is 4. The van der Waals surface area contributed by atoms with E-state index in [1.807, 2.05) is 12.3 Å². The summed E-state index contributed by atoms with van der Waals surface area (Å²) >= 11 is 1.63. The van der Waals surface area contributed by atoms with Crippen molar-refractivity contribution in [1.82, 2.24) is 15.3 Å². The quantitative estimate of drug-likeness (QED) is 0.569. The Morgan fingerprint density at radius 2 is 2.50 bits per heavy atom. The van der Waals surface area contributed by atoms with Crippen molar-refractivity contribution in [2.45, 2.75) is 5.03 Å². The minimum atomic E-state index is 0.733. The molecular formula is C9H14N4S. The summed E-state index contributed by atoms with van der Waals surface area (Å²) in [5.41, 5.74) is 0. The van der Waals surface area contributed by atoms with Crippen LogP contribution in [0.1, 0.15) is 0 Å². The summed E-state index contributed by atoms with van der Waals surface area (Å²) in [7, 11) is 0. The molecular weight excluding hydrogens is 196 g/mol. The SMILES string of the molecule is CSc1ccnc(NCC2CNC2)n1. The van der Waals surface area contributed by atoms with E-state index in [0.717, 1.165) is 36.5 Å². The summed E-state index contributed by atoms with van der Waals surface area (Å²) in [6, 6.07) is 1.92. The lowest BCUT2D eigenvalue weighted by Crippen LogP contribution is -2.45. The van der Waals surface area contributed by atoms with Crippen molar-refractivity contribution in [1.29, 1.82) is 0 Å². The molecule has 0 aliphatic carbocycles. The molecule has 1 fully saturated rings. The van der Waals surface area contributed by atoms with Gasteiger partial charge in [0, 0.05) is 31.7 Å².